The second-order valence-electron chi connectivity index (χ2n) is 7.01. The van der Waals surface area contributed by atoms with E-state index in [1.165, 1.54) is 4.90 Å². The summed E-state index contributed by atoms with van der Waals surface area (Å²) < 4.78 is 15.8. The summed E-state index contributed by atoms with van der Waals surface area (Å²) in [6.45, 7) is 2.29. The Morgan fingerprint density at radius 2 is 2.04 bits per heavy atom. The van der Waals surface area contributed by atoms with Crippen LogP contribution in [0.1, 0.15) is 31.7 Å². The number of carbonyl (C=O) groups is 2. The minimum atomic E-state index is -1.40. The highest BCUT2D eigenvalue weighted by molar-refractivity contribution is 5.98. The highest BCUT2D eigenvalue weighted by Crippen LogP contribution is 2.49. The molecule has 0 bridgehead atoms. The SMILES string of the molecule is CCOC(=O)[C@]12CCCC=C1N(CCc1ccc(OC)c(OC)c1)C(=O)[C@@H]2O. The van der Waals surface area contributed by atoms with E-state index in [0.29, 0.717) is 36.6 Å². The van der Waals surface area contributed by atoms with Gasteiger partial charge < -0.3 is 24.2 Å². The van der Waals surface area contributed by atoms with E-state index in [2.05, 4.69) is 0 Å². The van der Waals surface area contributed by atoms with Crippen molar-refractivity contribution in [3.8, 4) is 11.5 Å². The topological polar surface area (TPSA) is 85.3 Å². The number of likely N-dealkylation sites (tertiary alicyclic amines) is 1. The van der Waals surface area contributed by atoms with Gasteiger partial charge in [0.05, 0.1) is 20.8 Å². The van der Waals surface area contributed by atoms with Gasteiger partial charge in [-0.3, -0.25) is 9.59 Å². The molecular weight excluding hydrogens is 362 g/mol. The molecule has 1 aromatic rings. The van der Waals surface area contributed by atoms with Gasteiger partial charge in [-0.05, 0) is 50.3 Å². The van der Waals surface area contributed by atoms with Crippen LogP contribution in [0, 0.1) is 5.41 Å². The summed E-state index contributed by atoms with van der Waals surface area (Å²) in [6.07, 6.45) is 2.96. The lowest BCUT2D eigenvalue weighted by Crippen LogP contribution is -2.44. The molecule has 1 N–H and O–H groups in total. The molecule has 1 aromatic carbocycles. The number of fused-ring (bicyclic) bond motifs is 1. The fraction of sp³-hybridized carbons (Fsp3) is 0.524. The molecule has 1 heterocycles. The van der Waals surface area contributed by atoms with Gasteiger partial charge in [-0.1, -0.05) is 12.1 Å². The molecule has 2 atom stereocenters. The molecule has 0 radical (unpaired) electrons. The van der Waals surface area contributed by atoms with E-state index in [-0.39, 0.29) is 6.61 Å². The second-order valence-corrected chi connectivity index (χ2v) is 7.01. The number of carbonyl (C=O) groups excluding carboxylic acids is 2. The Balaban J connectivity index is 1.84. The lowest BCUT2D eigenvalue weighted by atomic mass is 9.74. The van der Waals surface area contributed by atoms with Crippen molar-refractivity contribution in [2.45, 2.75) is 38.7 Å². The van der Waals surface area contributed by atoms with Gasteiger partial charge in [0.15, 0.2) is 17.6 Å². The number of nitrogens with zero attached hydrogens (tertiary/aromatic N) is 1. The molecule has 28 heavy (non-hydrogen) atoms. The van der Waals surface area contributed by atoms with Crippen LogP contribution in [0.25, 0.3) is 0 Å². The smallest absolute Gasteiger partial charge is 0.321 e. The van der Waals surface area contributed by atoms with E-state index in [4.69, 9.17) is 14.2 Å². The number of rotatable bonds is 7. The van der Waals surface area contributed by atoms with Gasteiger partial charge in [-0.15, -0.1) is 0 Å². The molecule has 1 aliphatic heterocycles. The van der Waals surface area contributed by atoms with Crippen molar-refractivity contribution in [2.24, 2.45) is 5.41 Å². The number of aliphatic hydroxyl groups excluding tert-OH is 1. The van der Waals surface area contributed by atoms with Gasteiger partial charge in [0, 0.05) is 12.2 Å². The maximum Gasteiger partial charge on any atom is 0.321 e. The van der Waals surface area contributed by atoms with E-state index in [1.807, 2.05) is 24.3 Å². The molecule has 0 aromatic heterocycles. The molecule has 0 saturated carbocycles. The molecule has 1 saturated heterocycles. The van der Waals surface area contributed by atoms with Crippen LogP contribution in [-0.2, 0) is 20.7 Å². The number of esters is 1. The monoisotopic (exact) mass is 389 g/mol. The number of methoxy groups -OCH3 is 2. The first-order valence-corrected chi connectivity index (χ1v) is 9.57. The maximum atomic E-state index is 12.8. The first-order valence-electron chi connectivity index (χ1n) is 9.57. The summed E-state index contributed by atoms with van der Waals surface area (Å²) in [4.78, 5) is 27.1. The molecule has 2 aliphatic rings. The van der Waals surface area contributed by atoms with E-state index in [0.717, 1.165) is 18.4 Å². The Morgan fingerprint density at radius 3 is 2.71 bits per heavy atom. The Hall–Kier alpha value is -2.54. The third-order valence-corrected chi connectivity index (χ3v) is 5.54. The van der Waals surface area contributed by atoms with Gasteiger partial charge >= 0.3 is 5.97 Å². The lowest BCUT2D eigenvalue weighted by Gasteiger charge is -2.33. The molecular formula is C21H27NO6. The fourth-order valence-corrected chi connectivity index (χ4v) is 4.12. The van der Waals surface area contributed by atoms with Gasteiger partial charge in [0.25, 0.3) is 5.91 Å². The minimum Gasteiger partial charge on any atom is -0.493 e. The first kappa shape index (κ1) is 20.2. The molecule has 0 spiro atoms. The highest BCUT2D eigenvalue weighted by Gasteiger charge is 2.61. The van der Waals surface area contributed by atoms with Crippen molar-refractivity contribution in [1.29, 1.82) is 0 Å². The number of ether oxygens (including phenoxy) is 3. The zero-order valence-electron chi connectivity index (χ0n) is 16.6. The first-order chi connectivity index (χ1) is 13.5. The van der Waals surface area contributed by atoms with E-state index in [9.17, 15) is 14.7 Å². The van der Waals surface area contributed by atoms with Crippen molar-refractivity contribution in [3.63, 3.8) is 0 Å². The van der Waals surface area contributed by atoms with E-state index >= 15 is 0 Å². The van der Waals surface area contributed by atoms with Gasteiger partial charge in [0.1, 0.15) is 5.41 Å². The van der Waals surface area contributed by atoms with Gasteiger partial charge in [-0.2, -0.15) is 0 Å². The highest BCUT2D eigenvalue weighted by atomic mass is 16.5. The molecule has 3 rings (SSSR count). The number of hydrogen-bond donors (Lipinski definition) is 1. The predicted molar refractivity (Wildman–Crippen MR) is 102 cm³/mol. The molecule has 7 nitrogen and oxygen atoms in total. The number of amides is 1. The molecule has 152 valence electrons. The standard InChI is InChI=1S/C21H27NO6/c1-4-28-20(25)21-11-6-5-7-17(21)22(19(24)18(21)23)12-10-14-8-9-15(26-2)16(13-14)27-3/h7-9,13,18,23H,4-6,10-12H2,1-3H3/t18-,21+/m0/s1. The molecule has 7 heteroatoms. The lowest BCUT2D eigenvalue weighted by molar-refractivity contribution is -0.161. The second kappa shape index (κ2) is 8.22. The van der Waals surface area contributed by atoms with Crippen molar-refractivity contribution < 1.29 is 28.9 Å². The van der Waals surface area contributed by atoms with Crippen LogP contribution in [0.15, 0.2) is 30.0 Å². The fourth-order valence-electron chi connectivity index (χ4n) is 4.12. The summed E-state index contributed by atoms with van der Waals surface area (Å²) in [5.41, 5.74) is 0.267. The largest absolute Gasteiger partial charge is 0.493 e. The normalized spacial score (nSPS) is 23.9. The molecule has 0 unspecified atom stereocenters. The van der Waals surface area contributed by atoms with Gasteiger partial charge in [0.2, 0.25) is 0 Å². The summed E-state index contributed by atoms with van der Waals surface area (Å²) in [7, 11) is 3.15. The van der Waals surface area contributed by atoms with Crippen molar-refractivity contribution in [1.82, 2.24) is 4.90 Å². The number of benzene rings is 1. The van der Waals surface area contributed by atoms with Gasteiger partial charge in [-0.25, -0.2) is 0 Å². The number of aliphatic hydroxyl groups is 1. The van der Waals surface area contributed by atoms with Crippen LogP contribution in [0.5, 0.6) is 11.5 Å². The number of allylic oxidation sites excluding steroid dienone is 1. The summed E-state index contributed by atoms with van der Waals surface area (Å²) in [5.74, 6) is 0.290. The van der Waals surface area contributed by atoms with Crippen LogP contribution >= 0.6 is 0 Å². The Kier molecular flexibility index (Phi) is 5.93. The van der Waals surface area contributed by atoms with Crippen LogP contribution in [0.2, 0.25) is 0 Å². The van der Waals surface area contributed by atoms with Crippen molar-refractivity contribution in [3.05, 3.63) is 35.5 Å². The van der Waals surface area contributed by atoms with Crippen LogP contribution < -0.4 is 9.47 Å². The average molecular weight is 389 g/mol. The van der Waals surface area contributed by atoms with Crippen molar-refractivity contribution in [2.75, 3.05) is 27.4 Å². The molecule has 1 amide bonds. The van der Waals surface area contributed by atoms with E-state index < -0.39 is 23.4 Å². The third-order valence-electron chi connectivity index (χ3n) is 5.54. The summed E-state index contributed by atoms with van der Waals surface area (Å²) >= 11 is 0. The molecule has 1 aliphatic carbocycles. The maximum absolute atomic E-state index is 12.8. The van der Waals surface area contributed by atoms with E-state index in [1.54, 1.807) is 21.1 Å². The Labute approximate surface area is 164 Å². The van der Waals surface area contributed by atoms with Crippen LogP contribution in [0.4, 0.5) is 0 Å². The number of hydrogen-bond acceptors (Lipinski definition) is 6. The Morgan fingerprint density at radius 1 is 1.29 bits per heavy atom. The molecule has 1 fully saturated rings. The summed E-state index contributed by atoms with van der Waals surface area (Å²) in [6, 6.07) is 5.59. The summed E-state index contributed by atoms with van der Waals surface area (Å²) in [5, 5.41) is 10.7. The van der Waals surface area contributed by atoms with Crippen LogP contribution in [-0.4, -0.2) is 55.4 Å². The van der Waals surface area contributed by atoms with Crippen LogP contribution in [0.3, 0.4) is 0 Å². The average Bonchev–Trinajstić information content (AvgIpc) is 2.94. The Bertz CT molecular complexity index is 789. The van der Waals surface area contributed by atoms with Crippen molar-refractivity contribution >= 4 is 11.9 Å². The predicted octanol–water partition coefficient (Wildman–Crippen LogP) is 2.07. The quantitative estimate of drug-likeness (QED) is 0.719. The third kappa shape index (κ3) is 3.24. The minimum absolute atomic E-state index is 0.209. The zero-order chi connectivity index (χ0) is 20.3. The zero-order valence-corrected chi connectivity index (χ0v) is 16.6.